The van der Waals surface area contributed by atoms with E-state index in [0.717, 1.165) is 6.07 Å². The minimum Gasteiger partial charge on any atom is -0.481 e. The molecule has 1 N–H and O–H groups in total. The SMILES string of the molecule is COC(=O)c1ccc(CCCC(=O)O)c(F)c1. The lowest BCUT2D eigenvalue weighted by atomic mass is 10.1. The van der Waals surface area contributed by atoms with Crippen LogP contribution >= 0.6 is 0 Å². The van der Waals surface area contributed by atoms with Crippen LogP contribution in [-0.4, -0.2) is 24.2 Å². The van der Waals surface area contributed by atoms with Crippen LogP contribution < -0.4 is 0 Å². The quantitative estimate of drug-likeness (QED) is 0.800. The second-order valence-corrected chi connectivity index (χ2v) is 3.55. The van der Waals surface area contributed by atoms with Crippen molar-refractivity contribution in [2.45, 2.75) is 19.3 Å². The third kappa shape index (κ3) is 3.86. The molecular weight excluding hydrogens is 227 g/mol. The molecule has 4 nitrogen and oxygen atoms in total. The number of methoxy groups -OCH3 is 1. The molecule has 0 heterocycles. The number of carboxylic acids is 1. The van der Waals surface area contributed by atoms with E-state index >= 15 is 0 Å². The van der Waals surface area contributed by atoms with Crippen LogP contribution in [0.5, 0.6) is 0 Å². The maximum Gasteiger partial charge on any atom is 0.337 e. The topological polar surface area (TPSA) is 63.6 Å². The van der Waals surface area contributed by atoms with Crippen LogP contribution in [0, 0.1) is 5.82 Å². The Morgan fingerprint density at radius 1 is 1.41 bits per heavy atom. The first-order valence-corrected chi connectivity index (χ1v) is 5.13. The summed E-state index contributed by atoms with van der Waals surface area (Å²) in [6, 6.07) is 4.04. The fourth-order valence-electron chi connectivity index (χ4n) is 1.42. The molecule has 17 heavy (non-hydrogen) atoms. The van der Waals surface area contributed by atoms with Crippen LogP contribution in [0.1, 0.15) is 28.8 Å². The van der Waals surface area contributed by atoms with Gasteiger partial charge in [-0.3, -0.25) is 4.79 Å². The zero-order valence-electron chi connectivity index (χ0n) is 9.40. The Labute approximate surface area is 98.0 Å². The first kappa shape index (κ1) is 13.2. The molecule has 92 valence electrons. The third-order valence-corrected chi connectivity index (χ3v) is 2.31. The summed E-state index contributed by atoms with van der Waals surface area (Å²) in [4.78, 5) is 21.4. The van der Waals surface area contributed by atoms with Gasteiger partial charge in [0.1, 0.15) is 5.82 Å². The van der Waals surface area contributed by atoms with Crippen LogP contribution in [-0.2, 0) is 16.0 Å². The lowest BCUT2D eigenvalue weighted by Crippen LogP contribution is -2.03. The van der Waals surface area contributed by atoms with Crippen LogP contribution in [0.15, 0.2) is 18.2 Å². The molecule has 0 fully saturated rings. The van der Waals surface area contributed by atoms with Gasteiger partial charge in [0.2, 0.25) is 0 Å². The summed E-state index contributed by atoms with van der Waals surface area (Å²) in [5.41, 5.74) is 0.547. The largest absolute Gasteiger partial charge is 0.481 e. The monoisotopic (exact) mass is 240 g/mol. The van der Waals surface area contributed by atoms with E-state index in [4.69, 9.17) is 5.11 Å². The lowest BCUT2D eigenvalue weighted by Gasteiger charge is -2.04. The van der Waals surface area contributed by atoms with E-state index in [0.29, 0.717) is 18.4 Å². The molecule has 0 bridgehead atoms. The average Bonchev–Trinajstić information content (AvgIpc) is 2.29. The van der Waals surface area contributed by atoms with Gasteiger partial charge in [0.25, 0.3) is 0 Å². The van der Waals surface area contributed by atoms with Gasteiger partial charge in [0.05, 0.1) is 12.7 Å². The van der Waals surface area contributed by atoms with Gasteiger partial charge >= 0.3 is 11.9 Å². The van der Waals surface area contributed by atoms with Crippen molar-refractivity contribution in [3.8, 4) is 0 Å². The zero-order chi connectivity index (χ0) is 12.8. The smallest absolute Gasteiger partial charge is 0.337 e. The molecule has 0 saturated carbocycles. The fraction of sp³-hybridized carbons (Fsp3) is 0.333. The third-order valence-electron chi connectivity index (χ3n) is 2.31. The molecule has 0 aromatic heterocycles. The van der Waals surface area contributed by atoms with Crippen molar-refractivity contribution >= 4 is 11.9 Å². The van der Waals surface area contributed by atoms with E-state index in [1.807, 2.05) is 0 Å². The summed E-state index contributed by atoms with van der Waals surface area (Å²) >= 11 is 0. The normalized spacial score (nSPS) is 10.0. The second-order valence-electron chi connectivity index (χ2n) is 3.55. The van der Waals surface area contributed by atoms with Gasteiger partial charge in [-0.2, -0.15) is 0 Å². The predicted molar refractivity (Wildman–Crippen MR) is 58.3 cm³/mol. The molecule has 0 atom stereocenters. The summed E-state index contributed by atoms with van der Waals surface area (Å²) in [6.45, 7) is 0. The second kappa shape index (κ2) is 5.98. The number of esters is 1. The molecule has 0 aliphatic rings. The van der Waals surface area contributed by atoms with Crippen molar-refractivity contribution < 1.29 is 23.8 Å². The highest BCUT2D eigenvalue weighted by Gasteiger charge is 2.09. The standard InChI is InChI=1S/C12H13FO4/c1-17-12(16)9-6-5-8(10(13)7-9)3-2-4-11(14)15/h5-7H,2-4H2,1H3,(H,14,15). The molecule has 0 radical (unpaired) electrons. The van der Waals surface area contributed by atoms with Gasteiger partial charge in [-0.15, -0.1) is 0 Å². The fourth-order valence-corrected chi connectivity index (χ4v) is 1.42. The maximum atomic E-state index is 13.5. The Bertz CT molecular complexity index is 429. The molecule has 1 rings (SSSR count). The first-order chi connectivity index (χ1) is 8.04. The summed E-state index contributed by atoms with van der Waals surface area (Å²) in [6.07, 6.45) is 0.696. The van der Waals surface area contributed by atoms with Crippen molar-refractivity contribution in [3.05, 3.63) is 35.1 Å². The van der Waals surface area contributed by atoms with Gasteiger partial charge in [-0.05, 0) is 30.5 Å². The van der Waals surface area contributed by atoms with E-state index in [9.17, 15) is 14.0 Å². The minimum absolute atomic E-state index is 0.00179. The molecule has 0 spiro atoms. The number of hydrogen-bond acceptors (Lipinski definition) is 3. The predicted octanol–water partition coefficient (Wildman–Crippen LogP) is 2.02. The molecule has 0 amide bonds. The number of halogens is 1. The Morgan fingerprint density at radius 2 is 2.12 bits per heavy atom. The highest BCUT2D eigenvalue weighted by Crippen LogP contribution is 2.14. The van der Waals surface area contributed by atoms with Gasteiger partial charge in [-0.1, -0.05) is 6.07 Å². The van der Waals surface area contributed by atoms with Gasteiger partial charge in [0.15, 0.2) is 0 Å². The van der Waals surface area contributed by atoms with Crippen LogP contribution in [0.3, 0.4) is 0 Å². The number of benzene rings is 1. The highest BCUT2D eigenvalue weighted by atomic mass is 19.1. The van der Waals surface area contributed by atoms with Gasteiger partial charge in [-0.25, -0.2) is 9.18 Å². The van der Waals surface area contributed by atoms with Crippen LogP contribution in [0.4, 0.5) is 4.39 Å². The number of aliphatic carboxylic acids is 1. The van der Waals surface area contributed by atoms with Crippen molar-refractivity contribution in [1.29, 1.82) is 0 Å². The number of rotatable bonds is 5. The molecule has 0 saturated heterocycles. The molecule has 0 unspecified atom stereocenters. The number of carboxylic acid groups (broad SMARTS) is 1. The molecule has 5 heteroatoms. The minimum atomic E-state index is -0.906. The Morgan fingerprint density at radius 3 is 2.65 bits per heavy atom. The average molecular weight is 240 g/mol. The van der Waals surface area contributed by atoms with E-state index in [2.05, 4.69) is 4.74 Å². The van der Waals surface area contributed by atoms with Crippen molar-refractivity contribution in [1.82, 2.24) is 0 Å². The summed E-state index contributed by atoms with van der Waals surface area (Å²) in [7, 11) is 1.22. The van der Waals surface area contributed by atoms with E-state index in [1.54, 1.807) is 0 Å². The van der Waals surface area contributed by atoms with E-state index < -0.39 is 17.8 Å². The number of ether oxygens (including phenoxy) is 1. The number of carbonyl (C=O) groups excluding carboxylic acids is 1. The summed E-state index contributed by atoms with van der Waals surface area (Å²) in [5.74, 6) is -2.02. The summed E-state index contributed by atoms with van der Waals surface area (Å²) in [5, 5.41) is 8.45. The Balaban J connectivity index is 2.69. The number of hydrogen-bond donors (Lipinski definition) is 1. The van der Waals surface area contributed by atoms with Crippen molar-refractivity contribution in [2.75, 3.05) is 7.11 Å². The number of carbonyl (C=O) groups is 2. The molecule has 0 aliphatic carbocycles. The highest BCUT2D eigenvalue weighted by molar-refractivity contribution is 5.89. The van der Waals surface area contributed by atoms with Gasteiger partial charge < -0.3 is 9.84 Å². The van der Waals surface area contributed by atoms with Crippen molar-refractivity contribution in [3.63, 3.8) is 0 Å². The maximum absolute atomic E-state index is 13.5. The Kier molecular flexibility index (Phi) is 4.63. The number of aryl methyl sites for hydroxylation is 1. The lowest BCUT2D eigenvalue weighted by molar-refractivity contribution is -0.137. The van der Waals surface area contributed by atoms with Gasteiger partial charge in [0, 0.05) is 6.42 Å². The molecule has 0 aliphatic heterocycles. The first-order valence-electron chi connectivity index (χ1n) is 5.13. The van der Waals surface area contributed by atoms with Crippen LogP contribution in [0.2, 0.25) is 0 Å². The van der Waals surface area contributed by atoms with E-state index in [-0.39, 0.29) is 12.0 Å². The van der Waals surface area contributed by atoms with Crippen LogP contribution in [0.25, 0.3) is 0 Å². The molecular formula is C12H13FO4. The van der Waals surface area contributed by atoms with Crippen molar-refractivity contribution in [2.24, 2.45) is 0 Å². The zero-order valence-corrected chi connectivity index (χ0v) is 9.40. The summed E-state index contributed by atoms with van der Waals surface area (Å²) < 4.78 is 18.0. The Hall–Kier alpha value is -1.91. The molecule has 1 aromatic carbocycles. The van der Waals surface area contributed by atoms with E-state index in [1.165, 1.54) is 19.2 Å². The molecule has 1 aromatic rings.